The highest BCUT2D eigenvalue weighted by atomic mass is 35.5. The predicted octanol–water partition coefficient (Wildman–Crippen LogP) is 1.77. The lowest BCUT2D eigenvalue weighted by Gasteiger charge is -2.07. The Kier molecular flexibility index (Phi) is 6.49. The number of halogens is 1. The molecule has 6 nitrogen and oxygen atoms in total. The van der Waals surface area contributed by atoms with Gasteiger partial charge >= 0.3 is 0 Å². The molecular formula is C15H16ClN3O3. The number of nitrogens with zero attached hydrogens (tertiary/aromatic N) is 2. The minimum atomic E-state index is -0.359. The fourth-order valence-electron chi connectivity index (χ4n) is 1.73. The molecule has 22 heavy (non-hydrogen) atoms. The molecule has 116 valence electrons. The van der Waals surface area contributed by atoms with Crippen molar-refractivity contribution >= 4 is 24.5 Å². The number of amides is 1. The fourth-order valence-corrected chi connectivity index (χ4v) is 1.73. The van der Waals surface area contributed by atoms with Crippen LogP contribution < -0.4 is 5.43 Å². The number of nitrogens with one attached hydrogen (secondary N) is 1. The zero-order chi connectivity index (χ0) is 15.2. The van der Waals surface area contributed by atoms with E-state index < -0.39 is 0 Å². The van der Waals surface area contributed by atoms with Crippen LogP contribution in [0.25, 0.3) is 0 Å². The highest BCUT2D eigenvalue weighted by Gasteiger charge is 2.09. The Hall–Kier alpha value is -2.44. The Morgan fingerprint density at radius 3 is 2.68 bits per heavy atom. The Morgan fingerprint density at radius 1 is 1.36 bits per heavy atom. The molecule has 0 bridgehead atoms. The predicted molar refractivity (Wildman–Crippen MR) is 85.3 cm³/mol. The van der Waals surface area contributed by atoms with Gasteiger partial charge in [0, 0.05) is 22.9 Å². The van der Waals surface area contributed by atoms with Crippen LogP contribution in [0.2, 0.25) is 0 Å². The van der Waals surface area contributed by atoms with Crippen molar-refractivity contribution in [2.45, 2.75) is 13.5 Å². The summed E-state index contributed by atoms with van der Waals surface area (Å²) < 4.78 is 0. The first kappa shape index (κ1) is 17.6. The summed E-state index contributed by atoms with van der Waals surface area (Å²) in [7, 11) is 0. The molecule has 0 atom stereocenters. The second-order valence-corrected chi connectivity index (χ2v) is 4.35. The van der Waals surface area contributed by atoms with Gasteiger partial charge in [0.25, 0.3) is 5.91 Å². The van der Waals surface area contributed by atoms with Crippen LogP contribution in [0, 0.1) is 6.92 Å². The van der Waals surface area contributed by atoms with Crippen molar-refractivity contribution in [3.05, 3.63) is 58.9 Å². The van der Waals surface area contributed by atoms with Crippen molar-refractivity contribution in [2.75, 3.05) is 0 Å². The molecule has 0 saturated heterocycles. The van der Waals surface area contributed by atoms with Gasteiger partial charge in [-0.1, -0.05) is 18.2 Å². The van der Waals surface area contributed by atoms with Gasteiger partial charge in [0.05, 0.1) is 18.5 Å². The molecule has 0 aliphatic rings. The monoisotopic (exact) mass is 321 g/mol. The minimum Gasteiger partial charge on any atom is -0.505 e. The van der Waals surface area contributed by atoms with Gasteiger partial charge in [0.1, 0.15) is 5.75 Å². The first-order chi connectivity index (χ1) is 10.1. The van der Waals surface area contributed by atoms with Crippen LogP contribution in [-0.2, 0) is 6.61 Å². The summed E-state index contributed by atoms with van der Waals surface area (Å²) in [6.45, 7) is 1.35. The quantitative estimate of drug-likeness (QED) is 0.591. The maximum Gasteiger partial charge on any atom is 0.271 e. The number of benzene rings is 1. The first-order valence-corrected chi connectivity index (χ1v) is 6.30. The molecule has 0 radical (unpaired) electrons. The number of pyridine rings is 1. The number of rotatable bonds is 4. The first-order valence-electron chi connectivity index (χ1n) is 6.30. The molecule has 0 spiro atoms. The fraction of sp³-hybridized carbons (Fsp3) is 0.133. The van der Waals surface area contributed by atoms with Gasteiger partial charge in [-0.15, -0.1) is 12.4 Å². The lowest BCUT2D eigenvalue weighted by molar-refractivity contribution is 0.0955. The van der Waals surface area contributed by atoms with Crippen LogP contribution in [0.15, 0.2) is 41.6 Å². The highest BCUT2D eigenvalue weighted by molar-refractivity contribution is 5.95. The molecule has 2 rings (SSSR count). The normalized spacial score (nSPS) is 10.3. The van der Waals surface area contributed by atoms with E-state index in [9.17, 15) is 15.0 Å². The largest absolute Gasteiger partial charge is 0.505 e. The molecular weight excluding hydrogens is 306 g/mol. The van der Waals surface area contributed by atoms with Gasteiger partial charge in [-0.25, -0.2) is 5.43 Å². The minimum absolute atomic E-state index is 0. The molecule has 1 aromatic carbocycles. The lowest BCUT2D eigenvalue weighted by atomic mass is 10.1. The van der Waals surface area contributed by atoms with Gasteiger partial charge in [-0.2, -0.15) is 5.10 Å². The SMILES string of the molecule is Cc1ncc(CO)c(C=NNC(=O)c2ccccc2)c1O.Cl. The number of hydrogen-bond acceptors (Lipinski definition) is 5. The van der Waals surface area contributed by atoms with E-state index in [1.807, 2.05) is 6.07 Å². The number of hydrogen-bond donors (Lipinski definition) is 3. The van der Waals surface area contributed by atoms with Crippen molar-refractivity contribution in [3.63, 3.8) is 0 Å². The Morgan fingerprint density at radius 2 is 2.05 bits per heavy atom. The van der Waals surface area contributed by atoms with E-state index in [4.69, 9.17) is 0 Å². The van der Waals surface area contributed by atoms with Crippen LogP contribution >= 0.6 is 12.4 Å². The molecule has 0 fully saturated rings. The van der Waals surface area contributed by atoms with Gasteiger partial charge in [-0.05, 0) is 19.1 Å². The van der Waals surface area contributed by atoms with Crippen molar-refractivity contribution in [3.8, 4) is 5.75 Å². The van der Waals surface area contributed by atoms with E-state index in [2.05, 4.69) is 15.5 Å². The summed E-state index contributed by atoms with van der Waals surface area (Å²) in [5.41, 5.74) is 4.02. The lowest BCUT2D eigenvalue weighted by Crippen LogP contribution is -2.17. The Balaban J connectivity index is 0.00000242. The summed E-state index contributed by atoms with van der Waals surface area (Å²) in [5.74, 6) is -0.429. The average Bonchev–Trinajstić information content (AvgIpc) is 2.52. The summed E-state index contributed by atoms with van der Waals surface area (Å²) in [5, 5.41) is 22.9. The molecule has 7 heteroatoms. The number of aliphatic hydroxyl groups excluding tert-OH is 1. The third-order valence-corrected chi connectivity index (χ3v) is 2.92. The van der Waals surface area contributed by atoms with E-state index in [0.717, 1.165) is 0 Å². The Labute approximate surface area is 133 Å². The summed E-state index contributed by atoms with van der Waals surface area (Å²) in [6, 6.07) is 8.64. The topological polar surface area (TPSA) is 94.8 Å². The smallest absolute Gasteiger partial charge is 0.271 e. The zero-order valence-corrected chi connectivity index (χ0v) is 12.7. The standard InChI is InChI=1S/C15H15N3O3.ClH/c1-10-14(20)13(12(9-19)7-16-10)8-17-18-15(21)11-5-3-2-4-6-11;/h2-8,19-20H,9H2,1H3,(H,18,21);1H. The second-order valence-electron chi connectivity index (χ2n) is 4.35. The summed E-state index contributed by atoms with van der Waals surface area (Å²) in [6.07, 6.45) is 2.74. The number of carbonyl (C=O) groups excluding carboxylic acids is 1. The highest BCUT2D eigenvalue weighted by Crippen LogP contribution is 2.21. The van der Waals surface area contributed by atoms with Crippen molar-refractivity contribution in [2.24, 2.45) is 5.10 Å². The molecule has 1 heterocycles. The Bertz CT molecular complexity index is 675. The van der Waals surface area contributed by atoms with E-state index in [1.54, 1.807) is 31.2 Å². The number of aliphatic hydroxyl groups is 1. The molecule has 0 unspecified atom stereocenters. The van der Waals surface area contributed by atoms with Crippen molar-refractivity contribution in [1.29, 1.82) is 0 Å². The van der Waals surface area contributed by atoms with E-state index in [0.29, 0.717) is 22.4 Å². The van der Waals surface area contributed by atoms with Gasteiger partial charge in [0.2, 0.25) is 0 Å². The number of aryl methyl sites for hydroxylation is 1. The molecule has 1 aromatic heterocycles. The molecule has 0 aliphatic heterocycles. The van der Waals surface area contributed by atoms with E-state index in [1.165, 1.54) is 12.4 Å². The van der Waals surface area contributed by atoms with Crippen LogP contribution in [-0.4, -0.2) is 27.3 Å². The number of carbonyl (C=O) groups is 1. The molecule has 0 aliphatic carbocycles. The third-order valence-electron chi connectivity index (χ3n) is 2.92. The van der Waals surface area contributed by atoms with Gasteiger partial charge < -0.3 is 10.2 Å². The van der Waals surface area contributed by atoms with Crippen LogP contribution in [0.1, 0.15) is 27.2 Å². The molecule has 1 amide bonds. The molecule has 3 N–H and O–H groups in total. The van der Waals surface area contributed by atoms with E-state index in [-0.39, 0.29) is 30.7 Å². The number of aromatic nitrogens is 1. The number of hydrazone groups is 1. The summed E-state index contributed by atoms with van der Waals surface area (Å²) >= 11 is 0. The molecule has 2 aromatic rings. The third kappa shape index (κ3) is 4.03. The molecule has 0 saturated carbocycles. The van der Waals surface area contributed by atoms with Crippen LogP contribution in [0.3, 0.4) is 0 Å². The van der Waals surface area contributed by atoms with Crippen LogP contribution in [0.5, 0.6) is 5.75 Å². The number of aromatic hydroxyl groups is 1. The average molecular weight is 322 g/mol. The van der Waals surface area contributed by atoms with Gasteiger partial charge in [0.15, 0.2) is 0 Å². The van der Waals surface area contributed by atoms with Crippen molar-refractivity contribution in [1.82, 2.24) is 10.4 Å². The zero-order valence-electron chi connectivity index (χ0n) is 11.9. The summed E-state index contributed by atoms with van der Waals surface area (Å²) in [4.78, 5) is 15.7. The van der Waals surface area contributed by atoms with Gasteiger partial charge in [-0.3, -0.25) is 9.78 Å². The maximum atomic E-state index is 11.8. The maximum absolute atomic E-state index is 11.8. The van der Waals surface area contributed by atoms with Crippen molar-refractivity contribution < 1.29 is 15.0 Å². The second kappa shape index (κ2) is 8.11. The van der Waals surface area contributed by atoms with E-state index >= 15 is 0 Å². The van der Waals surface area contributed by atoms with Crippen LogP contribution in [0.4, 0.5) is 0 Å².